The number of aromatic nitrogens is 6. The maximum atomic E-state index is 5.36. The summed E-state index contributed by atoms with van der Waals surface area (Å²) < 4.78 is 8.86. The summed E-state index contributed by atoms with van der Waals surface area (Å²) in [5.74, 6) is 1.41. The normalized spacial score (nSPS) is 11.5. The van der Waals surface area contributed by atoms with Crippen molar-refractivity contribution >= 4 is 16.3 Å². The highest BCUT2D eigenvalue weighted by Gasteiger charge is 2.18. The highest BCUT2D eigenvalue weighted by molar-refractivity contribution is 7.19. The molecule has 0 saturated carbocycles. The molecule has 0 aliphatic carbocycles. The summed E-state index contributed by atoms with van der Waals surface area (Å²) in [6.07, 6.45) is 1.63. The SMILES string of the molecule is Cc1cc(-c2nnc3sc(-c4ccco4)nn23)n(C)n1. The molecule has 0 N–H and O–H groups in total. The lowest BCUT2D eigenvalue weighted by Gasteiger charge is -1.96. The predicted octanol–water partition coefficient (Wildman–Crippen LogP) is 2.15. The zero-order valence-corrected chi connectivity index (χ0v) is 11.6. The van der Waals surface area contributed by atoms with E-state index in [-0.39, 0.29) is 0 Å². The van der Waals surface area contributed by atoms with Crippen LogP contribution in [0.1, 0.15) is 5.69 Å². The standard InChI is InChI=1S/C12H10N6OS/c1-7-6-8(17(2)15-7)10-13-14-12-18(10)16-11(20-12)9-4-3-5-19-9/h3-6H,1-2H3. The zero-order valence-electron chi connectivity index (χ0n) is 10.8. The van der Waals surface area contributed by atoms with Crippen molar-refractivity contribution in [3.05, 3.63) is 30.2 Å². The molecule has 0 aliphatic heterocycles. The Balaban J connectivity index is 1.91. The van der Waals surface area contributed by atoms with Crippen LogP contribution < -0.4 is 0 Å². The van der Waals surface area contributed by atoms with Crippen LogP contribution in [0.2, 0.25) is 0 Å². The molecule has 0 aromatic carbocycles. The molecule has 0 bridgehead atoms. The van der Waals surface area contributed by atoms with E-state index in [9.17, 15) is 0 Å². The molecule has 4 aromatic rings. The van der Waals surface area contributed by atoms with E-state index >= 15 is 0 Å². The molecule has 0 atom stereocenters. The fourth-order valence-corrected chi connectivity index (χ4v) is 2.90. The lowest BCUT2D eigenvalue weighted by Crippen LogP contribution is -1.98. The van der Waals surface area contributed by atoms with Crippen LogP contribution >= 0.6 is 11.3 Å². The maximum Gasteiger partial charge on any atom is 0.235 e. The molecule has 4 heterocycles. The third-order valence-electron chi connectivity index (χ3n) is 2.95. The third-order valence-corrected chi connectivity index (χ3v) is 3.87. The minimum Gasteiger partial charge on any atom is -0.462 e. The highest BCUT2D eigenvalue weighted by Crippen LogP contribution is 2.28. The quantitative estimate of drug-likeness (QED) is 0.564. The molecule has 0 aliphatic rings. The first-order chi connectivity index (χ1) is 9.72. The topological polar surface area (TPSA) is 74.0 Å². The van der Waals surface area contributed by atoms with Gasteiger partial charge in [-0.1, -0.05) is 11.3 Å². The second kappa shape index (κ2) is 4.01. The molecule has 0 amide bonds. The second-order valence-corrected chi connectivity index (χ2v) is 5.35. The number of nitrogens with zero attached hydrogens (tertiary/aromatic N) is 6. The molecule has 0 unspecified atom stereocenters. The Morgan fingerprint density at radius 1 is 1.25 bits per heavy atom. The number of aryl methyl sites for hydroxylation is 2. The number of furan rings is 1. The Hall–Kier alpha value is -2.48. The van der Waals surface area contributed by atoms with Crippen LogP contribution in [0, 0.1) is 6.92 Å². The molecule has 4 aromatic heterocycles. The summed E-state index contributed by atoms with van der Waals surface area (Å²) in [6.45, 7) is 1.94. The van der Waals surface area contributed by atoms with Gasteiger partial charge in [0.25, 0.3) is 0 Å². The zero-order chi connectivity index (χ0) is 13.7. The molecule has 100 valence electrons. The average molecular weight is 286 g/mol. The molecule has 0 fully saturated rings. The molecule has 20 heavy (non-hydrogen) atoms. The Morgan fingerprint density at radius 3 is 2.85 bits per heavy atom. The Morgan fingerprint density at radius 2 is 2.15 bits per heavy atom. The van der Waals surface area contributed by atoms with E-state index in [4.69, 9.17) is 4.42 Å². The molecule has 0 spiro atoms. The van der Waals surface area contributed by atoms with E-state index in [1.165, 1.54) is 11.3 Å². The van der Waals surface area contributed by atoms with Gasteiger partial charge in [-0.25, -0.2) is 0 Å². The van der Waals surface area contributed by atoms with Crippen molar-refractivity contribution in [1.82, 2.24) is 29.6 Å². The Bertz CT molecular complexity index is 885. The number of hydrogen-bond donors (Lipinski definition) is 0. The Labute approximate surface area is 117 Å². The monoisotopic (exact) mass is 286 g/mol. The molecule has 0 saturated heterocycles. The minimum absolute atomic E-state index is 0.678. The van der Waals surface area contributed by atoms with Crippen LogP contribution in [0.4, 0.5) is 0 Å². The van der Waals surface area contributed by atoms with Gasteiger partial charge in [-0.15, -0.1) is 15.3 Å². The van der Waals surface area contributed by atoms with Gasteiger partial charge in [0.15, 0.2) is 10.8 Å². The highest BCUT2D eigenvalue weighted by atomic mass is 32.1. The lowest BCUT2D eigenvalue weighted by atomic mass is 10.3. The van der Waals surface area contributed by atoms with Gasteiger partial charge in [-0.2, -0.15) is 9.61 Å². The molecular weight excluding hydrogens is 276 g/mol. The van der Waals surface area contributed by atoms with Gasteiger partial charge in [-0.3, -0.25) is 4.68 Å². The fourth-order valence-electron chi connectivity index (χ4n) is 2.10. The second-order valence-electron chi connectivity index (χ2n) is 4.40. The van der Waals surface area contributed by atoms with Crippen LogP contribution in [0.25, 0.3) is 27.2 Å². The van der Waals surface area contributed by atoms with Gasteiger partial charge >= 0.3 is 0 Å². The number of hydrogen-bond acceptors (Lipinski definition) is 6. The van der Waals surface area contributed by atoms with Crippen LogP contribution in [-0.2, 0) is 7.05 Å². The van der Waals surface area contributed by atoms with Crippen LogP contribution in [0.15, 0.2) is 28.9 Å². The maximum absolute atomic E-state index is 5.36. The van der Waals surface area contributed by atoms with Gasteiger partial charge in [0.1, 0.15) is 5.69 Å². The summed E-state index contributed by atoms with van der Waals surface area (Å²) in [4.78, 5) is 0.727. The van der Waals surface area contributed by atoms with E-state index in [0.29, 0.717) is 5.82 Å². The van der Waals surface area contributed by atoms with Crippen molar-refractivity contribution in [3.8, 4) is 22.3 Å². The van der Waals surface area contributed by atoms with Crippen molar-refractivity contribution in [3.63, 3.8) is 0 Å². The van der Waals surface area contributed by atoms with Gasteiger partial charge < -0.3 is 4.42 Å². The minimum atomic E-state index is 0.678. The Kier molecular flexibility index (Phi) is 2.27. The summed E-state index contributed by atoms with van der Waals surface area (Å²) in [6, 6.07) is 5.67. The van der Waals surface area contributed by atoms with Gasteiger partial charge in [0.05, 0.1) is 12.0 Å². The van der Waals surface area contributed by atoms with Crippen LogP contribution in [-0.4, -0.2) is 29.6 Å². The largest absolute Gasteiger partial charge is 0.462 e. The smallest absolute Gasteiger partial charge is 0.235 e. The molecule has 7 nitrogen and oxygen atoms in total. The summed E-state index contributed by atoms with van der Waals surface area (Å²) in [7, 11) is 1.88. The van der Waals surface area contributed by atoms with E-state index in [1.807, 2.05) is 32.2 Å². The third kappa shape index (κ3) is 1.58. The van der Waals surface area contributed by atoms with E-state index < -0.39 is 0 Å². The number of fused-ring (bicyclic) bond motifs is 1. The average Bonchev–Trinajstić information content (AvgIpc) is 3.12. The summed E-state index contributed by atoms with van der Waals surface area (Å²) in [5.41, 5.74) is 1.81. The first-order valence-electron chi connectivity index (χ1n) is 5.99. The van der Waals surface area contributed by atoms with Crippen molar-refractivity contribution < 1.29 is 4.42 Å². The van der Waals surface area contributed by atoms with Gasteiger partial charge in [-0.05, 0) is 25.1 Å². The number of rotatable bonds is 2. The lowest BCUT2D eigenvalue weighted by molar-refractivity contribution is 0.580. The predicted molar refractivity (Wildman–Crippen MR) is 73.3 cm³/mol. The molecule has 4 rings (SSSR count). The fraction of sp³-hybridized carbons (Fsp3) is 0.167. The summed E-state index contributed by atoms with van der Waals surface area (Å²) >= 11 is 1.44. The first-order valence-corrected chi connectivity index (χ1v) is 6.81. The van der Waals surface area contributed by atoms with Gasteiger partial charge in [0.2, 0.25) is 10.8 Å². The molecular formula is C12H10N6OS. The van der Waals surface area contributed by atoms with Crippen LogP contribution in [0.3, 0.4) is 0 Å². The van der Waals surface area contributed by atoms with Crippen molar-refractivity contribution in [2.75, 3.05) is 0 Å². The van der Waals surface area contributed by atoms with Gasteiger partial charge in [0, 0.05) is 7.05 Å². The van der Waals surface area contributed by atoms with E-state index in [2.05, 4.69) is 20.4 Å². The molecule has 8 heteroatoms. The van der Waals surface area contributed by atoms with E-state index in [0.717, 1.165) is 27.1 Å². The van der Waals surface area contributed by atoms with Crippen LogP contribution in [0.5, 0.6) is 0 Å². The molecule has 0 radical (unpaired) electrons. The van der Waals surface area contributed by atoms with Crippen molar-refractivity contribution in [2.45, 2.75) is 6.92 Å². The van der Waals surface area contributed by atoms with E-state index in [1.54, 1.807) is 15.5 Å². The summed E-state index contributed by atoms with van der Waals surface area (Å²) in [5, 5.41) is 18.0. The first kappa shape index (κ1) is 11.4. The van der Waals surface area contributed by atoms with Crippen molar-refractivity contribution in [1.29, 1.82) is 0 Å². The van der Waals surface area contributed by atoms with Crippen molar-refractivity contribution in [2.24, 2.45) is 7.05 Å².